The first-order chi connectivity index (χ1) is 16.6. The van der Waals surface area contributed by atoms with Gasteiger partial charge in [0.05, 0.1) is 11.1 Å². The maximum Gasteiger partial charge on any atom is 0.573 e. The molecule has 0 radical (unpaired) electrons. The van der Waals surface area contributed by atoms with Gasteiger partial charge in [0.2, 0.25) is 5.82 Å². The van der Waals surface area contributed by atoms with Crippen LogP contribution in [0.15, 0.2) is 36.9 Å². The molecule has 0 aliphatic heterocycles. The highest BCUT2D eigenvalue weighted by atomic mass is 19.4. The Balaban J connectivity index is 1.52. The van der Waals surface area contributed by atoms with Crippen molar-refractivity contribution in [1.29, 1.82) is 0 Å². The first kappa shape index (κ1) is 25.2. The minimum absolute atomic E-state index is 0.0234. The lowest BCUT2D eigenvalue weighted by Gasteiger charge is -2.41. The predicted octanol–water partition coefficient (Wildman–Crippen LogP) is 8.03. The molecule has 186 valence electrons. The van der Waals surface area contributed by atoms with Gasteiger partial charge < -0.3 is 4.74 Å². The summed E-state index contributed by atoms with van der Waals surface area (Å²) in [6, 6.07) is 3.75. The van der Waals surface area contributed by atoms with Gasteiger partial charge in [-0.15, -0.1) is 19.8 Å². The summed E-state index contributed by atoms with van der Waals surface area (Å²) in [5.74, 6) is -0.919. The van der Waals surface area contributed by atoms with E-state index in [2.05, 4.69) is 23.2 Å². The summed E-state index contributed by atoms with van der Waals surface area (Å²) in [5.41, 5.74) is -0.738. The van der Waals surface area contributed by atoms with Crippen LogP contribution in [0.1, 0.15) is 61.1 Å². The lowest BCUT2D eigenvalue weighted by atomic mass is 9.64. The van der Waals surface area contributed by atoms with Crippen LogP contribution in [0.3, 0.4) is 0 Å². The van der Waals surface area contributed by atoms with E-state index in [1.165, 1.54) is 12.1 Å². The third-order valence-electron chi connectivity index (χ3n) is 7.12. The van der Waals surface area contributed by atoms with E-state index in [0.717, 1.165) is 44.6 Å². The molecule has 1 nitrogen and oxygen atoms in total. The molecule has 2 saturated carbocycles. The van der Waals surface area contributed by atoms with Crippen molar-refractivity contribution in [3.63, 3.8) is 0 Å². The van der Waals surface area contributed by atoms with Gasteiger partial charge in [-0.05, 0) is 92.0 Å². The van der Waals surface area contributed by atoms with Crippen molar-refractivity contribution >= 4 is 0 Å². The third-order valence-corrected chi connectivity index (χ3v) is 7.12. The van der Waals surface area contributed by atoms with Crippen LogP contribution >= 0.6 is 0 Å². The van der Waals surface area contributed by atoms with Gasteiger partial charge in [0.15, 0.2) is 11.6 Å². The number of ether oxygens (including phenoxy) is 1. The van der Waals surface area contributed by atoms with Crippen molar-refractivity contribution in [1.82, 2.24) is 0 Å². The number of hydrogen-bond donors (Lipinski definition) is 0. The molecule has 2 aliphatic carbocycles. The highest BCUT2D eigenvalue weighted by Gasteiger charge is 2.36. The van der Waals surface area contributed by atoms with Gasteiger partial charge in [-0.3, -0.25) is 0 Å². The van der Waals surface area contributed by atoms with Crippen molar-refractivity contribution in [2.24, 2.45) is 17.8 Å². The zero-order valence-corrected chi connectivity index (χ0v) is 18.7. The number of allylic oxidation sites excluding steroid dienone is 1. The van der Waals surface area contributed by atoms with Crippen LogP contribution in [-0.4, -0.2) is 6.36 Å². The molecule has 4 atom stereocenters. The van der Waals surface area contributed by atoms with Crippen LogP contribution in [-0.2, 0) is 0 Å². The summed E-state index contributed by atoms with van der Waals surface area (Å²) in [4.78, 5) is 0. The molecule has 4 unspecified atom stereocenters. The van der Waals surface area contributed by atoms with Crippen molar-refractivity contribution < 1.29 is 35.5 Å². The minimum atomic E-state index is -5.21. The molecule has 0 N–H and O–H groups in total. The molecule has 0 aromatic heterocycles. The Kier molecular flexibility index (Phi) is 7.16. The van der Waals surface area contributed by atoms with Crippen LogP contribution in [0.2, 0.25) is 0 Å². The van der Waals surface area contributed by atoms with Crippen molar-refractivity contribution in [3.8, 4) is 17.6 Å². The first-order valence-electron chi connectivity index (χ1n) is 11.4. The van der Waals surface area contributed by atoms with E-state index < -0.39 is 46.5 Å². The number of halogens is 7. The quantitative estimate of drug-likeness (QED) is 0.238. The topological polar surface area (TPSA) is 9.23 Å². The van der Waals surface area contributed by atoms with Crippen LogP contribution in [0.25, 0.3) is 0 Å². The molecular formula is C27H23F7O. The summed E-state index contributed by atoms with van der Waals surface area (Å²) in [6.45, 7) is 3.89. The summed E-state index contributed by atoms with van der Waals surface area (Å²) in [7, 11) is 0. The zero-order chi connectivity index (χ0) is 25.3. The van der Waals surface area contributed by atoms with Gasteiger partial charge in [0.25, 0.3) is 0 Å². The molecule has 0 bridgehead atoms. The van der Waals surface area contributed by atoms with E-state index in [9.17, 15) is 30.7 Å². The maximum absolute atomic E-state index is 14.8. The number of benzene rings is 2. The monoisotopic (exact) mass is 496 g/mol. The normalized spacial score (nSPS) is 24.2. The molecule has 0 saturated heterocycles. The Hall–Kier alpha value is -2.95. The first-order valence-corrected chi connectivity index (χ1v) is 11.4. The summed E-state index contributed by atoms with van der Waals surface area (Å²) in [6.07, 6.45) is 2.73. The SMILES string of the molecule is C=CC1CCC2CC(c3cc(F)c(C#Cc4ccc(OC(F)(F)F)c(F)c4F)c(F)c3)CCC2C1. The van der Waals surface area contributed by atoms with Crippen LogP contribution < -0.4 is 4.74 Å². The number of fused-ring (bicyclic) bond motifs is 1. The summed E-state index contributed by atoms with van der Waals surface area (Å²) < 4.78 is 97.7. The molecule has 2 aromatic rings. The van der Waals surface area contributed by atoms with Gasteiger partial charge in [-0.1, -0.05) is 17.9 Å². The molecule has 2 aromatic carbocycles. The Morgan fingerprint density at radius 3 is 2.17 bits per heavy atom. The molecule has 2 aliphatic rings. The van der Waals surface area contributed by atoms with Gasteiger partial charge in [-0.25, -0.2) is 13.2 Å². The molecule has 35 heavy (non-hydrogen) atoms. The highest BCUT2D eigenvalue weighted by Crippen LogP contribution is 2.48. The minimum Gasteiger partial charge on any atom is -0.403 e. The van der Waals surface area contributed by atoms with Crippen molar-refractivity contribution in [3.05, 3.63) is 76.9 Å². The average Bonchev–Trinajstić information content (AvgIpc) is 2.81. The Morgan fingerprint density at radius 1 is 0.857 bits per heavy atom. The lowest BCUT2D eigenvalue weighted by Crippen LogP contribution is -2.30. The van der Waals surface area contributed by atoms with E-state index >= 15 is 0 Å². The molecule has 0 spiro atoms. The van der Waals surface area contributed by atoms with Gasteiger partial charge in [0, 0.05) is 0 Å². The second-order valence-corrected chi connectivity index (χ2v) is 9.24. The molecule has 0 heterocycles. The van der Waals surface area contributed by atoms with E-state index in [4.69, 9.17) is 0 Å². The van der Waals surface area contributed by atoms with Gasteiger partial charge in [-0.2, -0.15) is 4.39 Å². The number of hydrogen-bond acceptors (Lipinski definition) is 1. The molecule has 2 fully saturated rings. The Labute approximate surface area is 199 Å². The van der Waals surface area contributed by atoms with Crippen LogP contribution in [0.4, 0.5) is 30.7 Å². The smallest absolute Gasteiger partial charge is 0.403 e. The summed E-state index contributed by atoms with van der Waals surface area (Å²) >= 11 is 0. The fourth-order valence-corrected chi connectivity index (χ4v) is 5.35. The predicted molar refractivity (Wildman–Crippen MR) is 116 cm³/mol. The second-order valence-electron chi connectivity index (χ2n) is 9.24. The largest absolute Gasteiger partial charge is 0.573 e. The van der Waals surface area contributed by atoms with E-state index in [0.29, 0.717) is 29.4 Å². The number of alkyl halides is 3. The van der Waals surface area contributed by atoms with E-state index in [-0.39, 0.29) is 5.92 Å². The second kappa shape index (κ2) is 9.96. The summed E-state index contributed by atoms with van der Waals surface area (Å²) in [5, 5.41) is 0. The highest BCUT2D eigenvalue weighted by molar-refractivity contribution is 5.47. The molecule has 8 heteroatoms. The van der Waals surface area contributed by atoms with Crippen LogP contribution in [0, 0.1) is 52.9 Å². The zero-order valence-electron chi connectivity index (χ0n) is 18.7. The van der Waals surface area contributed by atoms with Gasteiger partial charge >= 0.3 is 6.36 Å². The Morgan fingerprint density at radius 2 is 1.51 bits per heavy atom. The van der Waals surface area contributed by atoms with E-state index in [1.807, 2.05) is 6.08 Å². The fourth-order valence-electron chi connectivity index (χ4n) is 5.35. The molecule has 4 rings (SSSR count). The van der Waals surface area contributed by atoms with Crippen molar-refractivity contribution in [2.75, 3.05) is 0 Å². The van der Waals surface area contributed by atoms with Gasteiger partial charge in [0.1, 0.15) is 11.6 Å². The fraction of sp³-hybridized carbons (Fsp3) is 0.407. The lowest BCUT2D eigenvalue weighted by molar-refractivity contribution is -0.275. The van der Waals surface area contributed by atoms with Crippen LogP contribution in [0.5, 0.6) is 5.75 Å². The Bertz CT molecular complexity index is 1150. The van der Waals surface area contributed by atoms with E-state index in [1.54, 1.807) is 0 Å². The molecular weight excluding hydrogens is 473 g/mol. The maximum atomic E-state index is 14.8. The average molecular weight is 496 g/mol. The number of rotatable bonds is 3. The van der Waals surface area contributed by atoms with Crippen molar-refractivity contribution in [2.45, 2.75) is 50.8 Å². The third kappa shape index (κ3) is 5.66. The molecule has 0 amide bonds. The standard InChI is InChI=1S/C27H23F7O/c1-2-15-3-4-18-12-19(6-5-17(18)11-15)20-13-22(28)21(23(29)14-20)9-7-16-8-10-24(26(31)25(16)30)35-27(32,33)34/h2,8,10,13-15,17-19H,1,3-6,11-12H2.